The van der Waals surface area contributed by atoms with Crippen LogP contribution in [0.3, 0.4) is 0 Å². The van der Waals surface area contributed by atoms with Crippen molar-refractivity contribution < 1.29 is 49.7 Å². The summed E-state index contributed by atoms with van der Waals surface area (Å²) in [6, 6.07) is 0. The highest BCUT2D eigenvalue weighted by molar-refractivity contribution is 5.96. The fourth-order valence-corrected chi connectivity index (χ4v) is 11.9. The zero-order valence-electron chi connectivity index (χ0n) is 28.5. The minimum atomic E-state index is -1.54. The average Bonchev–Trinajstić information content (AvgIpc) is 2.98. The molecule has 0 aromatic carbocycles. The average molecular weight is 649 g/mol. The molecule has 0 aromatic heterocycles. The van der Waals surface area contributed by atoms with Crippen LogP contribution in [0.5, 0.6) is 0 Å². The van der Waals surface area contributed by atoms with E-state index in [-0.39, 0.29) is 23.0 Å². The van der Waals surface area contributed by atoms with Crippen LogP contribution in [0.2, 0.25) is 0 Å². The SMILES string of the molecule is CC1(C(=O)O)CCC2(C)CCC3(C)C(=CC(=O)C4C5(C)CCC(OC6OC(CO)C(O)C(O)C6O)C(C)(C)C5CC(O)C43C)C2C1. The number of aliphatic hydroxyl groups excluding tert-OH is 5. The molecule has 0 bridgehead atoms. The van der Waals surface area contributed by atoms with Crippen LogP contribution in [-0.2, 0) is 19.1 Å². The van der Waals surface area contributed by atoms with Gasteiger partial charge in [-0.25, -0.2) is 0 Å². The number of hydrogen-bond donors (Lipinski definition) is 6. The first-order valence-electron chi connectivity index (χ1n) is 17.3. The molecule has 6 N–H and O–H groups in total. The molecule has 1 aliphatic heterocycles. The largest absolute Gasteiger partial charge is 0.481 e. The van der Waals surface area contributed by atoms with E-state index in [0.717, 1.165) is 24.8 Å². The molecule has 15 unspecified atom stereocenters. The van der Waals surface area contributed by atoms with Crippen LogP contribution < -0.4 is 0 Å². The van der Waals surface area contributed by atoms with Crippen molar-refractivity contribution in [2.24, 2.45) is 50.2 Å². The highest BCUT2D eigenvalue weighted by atomic mass is 16.7. The predicted molar refractivity (Wildman–Crippen MR) is 167 cm³/mol. The van der Waals surface area contributed by atoms with Gasteiger partial charge in [0.15, 0.2) is 12.1 Å². The molecule has 5 fully saturated rings. The summed E-state index contributed by atoms with van der Waals surface area (Å²) in [5.41, 5.74) is -2.17. The van der Waals surface area contributed by atoms with Gasteiger partial charge >= 0.3 is 5.97 Å². The second-order valence-corrected chi connectivity index (χ2v) is 17.8. The molecule has 10 nitrogen and oxygen atoms in total. The number of carboxylic acid groups (broad SMARTS) is 1. The van der Waals surface area contributed by atoms with Crippen molar-refractivity contribution in [3.63, 3.8) is 0 Å². The van der Waals surface area contributed by atoms with Crippen LogP contribution in [-0.4, -0.2) is 91.9 Å². The third-order valence-electron chi connectivity index (χ3n) is 15.3. The van der Waals surface area contributed by atoms with Gasteiger partial charge in [0.05, 0.1) is 24.2 Å². The van der Waals surface area contributed by atoms with E-state index in [1.807, 2.05) is 13.0 Å². The molecular weight excluding hydrogens is 592 g/mol. The quantitative estimate of drug-likeness (QED) is 0.249. The first-order valence-corrected chi connectivity index (χ1v) is 17.3. The van der Waals surface area contributed by atoms with E-state index in [2.05, 4.69) is 41.5 Å². The molecule has 6 rings (SSSR count). The van der Waals surface area contributed by atoms with Crippen LogP contribution in [0.1, 0.15) is 99.8 Å². The number of carbonyl (C=O) groups excluding carboxylic acids is 1. The maximum absolute atomic E-state index is 14.6. The lowest BCUT2D eigenvalue weighted by atomic mass is 9.33. The fraction of sp³-hybridized carbons (Fsp3) is 0.889. The first-order chi connectivity index (χ1) is 21.2. The number of carboxylic acids is 1. The third kappa shape index (κ3) is 4.46. The van der Waals surface area contributed by atoms with E-state index in [9.17, 15) is 40.2 Å². The Bertz CT molecular complexity index is 1300. The minimum absolute atomic E-state index is 0.0252. The van der Waals surface area contributed by atoms with Gasteiger partial charge in [-0.05, 0) is 97.9 Å². The van der Waals surface area contributed by atoms with E-state index in [4.69, 9.17) is 9.47 Å². The smallest absolute Gasteiger partial charge is 0.309 e. The topological polar surface area (TPSA) is 174 Å². The van der Waals surface area contributed by atoms with Gasteiger partial charge in [-0.3, -0.25) is 9.59 Å². The Morgan fingerprint density at radius 2 is 1.59 bits per heavy atom. The number of carbonyl (C=O) groups is 2. The molecule has 1 heterocycles. The number of aliphatic carboxylic acids is 1. The summed E-state index contributed by atoms with van der Waals surface area (Å²) >= 11 is 0. The minimum Gasteiger partial charge on any atom is -0.481 e. The van der Waals surface area contributed by atoms with E-state index in [1.54, 1.807) is 0 Å². The number of ketones is 1. The molecule has 10 heteroatoms. The van der Waals surface area contributed by atoms with Crippen LogP contribution >= 0.6 is 0 Å². The van der Waals surface area contributed by atoms with Crippen molar-refractivity contribution >= 4 is 11.8 Å². The second-order valence-electron chi connectivity index (χ2n) is 17.8. The number of ether oxygens (including phenoxy) is 2. The number of rotatable bonds is 4. The number of allylic oxidation sites excluding steroid dienone is 2. The van der Waals surface area contributed by atoms with E-state index in [1.165, 1.54) is 0 Å². The van der Waals surface area contributed by atoms with Gasteiger partial charge in [0.2, 0.25) is 0 Å². The van der Waals surface area contributed by atoms with E-state index in [0.29, 0.717) is 32.1 Å². The Kier molecular flexibility index (Phi) is 8.09. The maximum Gasteiger partial charge on any atom is 0.309 e. The van der Waals surface area contributed by atoms with Crippen molar-refractivity contribution in [1.82, 2.24) is 0 Å². The summed E-state index contributed by atoms with van der Waals surface area (Å²) in [4.78, 5) is 27.0. The van der Waals surface area contributed by atoms with Crippen molar-refractivity contribution in [3.05, 3.63) is 11.6 Å². The van der Waals surface area contributed by atoms with Gasteiger partial charge in [0, 0.05) is 11.3 Å². The van der Waals surface area contributed by atoms with Gasteiger partial charge in [0.25, 0.3) is 0 Å². The van der Waals surface area contributed by atoms with Crippen molar-refractivity contribution in [3.8, 4) is 0 Å². The monoisotopic (exact) mass is 648 g/mol. The number of aliphatic hydroxyl groups is 5. The molecule has 5 aliphatic carbocycles. The summed E-state index contributed by atoms with van der Waals surface area (Å²) in [6.07, 6.45) is -0.919. The maximum atomic E-state index is 14.6. The fourth-order valence-electron chi connectivity index (χ4n) is 11.9. The normalized spacial score (nSPS) is 54.9. The lowest BCUT2D eigenvalue weighted by molar-refractivity contribution is -0.331. The molecular formula is C36H56O10. The summed E-state index contributed by atoms with van der Waals surface area (Å²) in [5.74, 6) is -1.38. The molecule has 0 spiro atoms. The number of hydrogen-bond acceptors (Lipinski definition) is 9. The van der Waals surface area contributed by atoms with Crippen LogP contribution in [0.15, 0.2) is 11.6 Å². The van der Waals surface area contributed by atoms with Gasteiger partial charge in [-0.2, -0.15) is 0 Å². The molecule has 46 heavy (non-hydrogen) atoms. The van der Waals surface area contributed by atoms with E-state index >= 15 is 0 Å². The van der Waals surface area contributed by atoms with Crippen molar-refractivity contribution in [2.45, 2.75) is 143 Å². The Hall–Kier alpha value is -1.40. The lowest BCUT2D eigenvalue weighted by Gasteiger charge is -2.71. The van der Waals surface area contributed by atoms with Gasteiger partial charge in [0.1, 0.15) is 24.4 Å². The molecule has 0 amide bonds. The third-order valence-corrected chi connectivity index (χ3v) is 15.3. The molecule has 0 radical (unpaired) electrons. The van der Waals surface area contributed by atoms with Gasteiger partial charge in [-0.15, -0.1) is 0 Å². The summed E-state index contributed by atoms with van der Waals surface area (Å²) in [5, 5.41) is 63.5. The summed E-state index contributed by atoms with van der Waals surface area (Å²) in [7, 11) is 0. The first kappa shape index (κ1) is 34.5. The molecule has 0 aromatic rings. The van der Waals surface area contributed by atoms with Crippen LogP contribution in [0, 0.1) is 50.2 Å². The molecule has 260 valence electrons. The standard InChI is InChI=1S/C36H56O10/c1-31(2)22-15-23(39)36(7)28(34(22,5)9-8-24(31)46-29-27(42)26(41)25(40)21(17-37)45-29)20(38)14-18-19-16-33(4,30(43)44)11-10-32(19,3)12-13-35(18,36)6/h14,19,21-29,37,39-42H,8-13,15-17H2,1-7H3,(H,43,44). The van der Waals surface area contributed by atoms with Gasteiger partial charge in [-0.1, -0.05) is 47.1 Å². The predicted octanol–water partition coefficient (Wildman–Crippen LogP) is 3.21. The second kappa shape index (κ2) is 10.8. The highest BCUT2D eigenvalue weighted by Gasteiger charge is 2.73. The highest BCUT2D eigenvalue weighted by Crippen LogP contribution is 2.75. The van der Waals surface area contributed by atoms with Crippen LogP contribution in [0.25, 0.3) is 0 Å². The van der Waals surface area contributed by atoms with Crippen molar-refractivity contribution in [2.75, 3.05) is 6.61 Å². The summed E-state index contributed by atoms with van der Waals surface area (Å²) in [6.45, 7) is 14.2. The zero-order chi connectivity index (χ0) is 34.0. The van der Waals surface area contributed by atoms with E-state index < -0.39 is 88.5 Å². The summed E-state index contributed by atoms with van der Waals surface area (Å²) < 4.78 is 12.1. The Morgan fingerprint density at radius 1 is 0.935 bits per heavy atom. The Morgan fingerprint density at radius 3 is 2.22 bits per heavy atom. The Balaban J connectivity index is 1.34. The Labute approximate surface area is 272 Å². The molecule has 6 aliphatic rings. The number of fused-ring (bicyclic) bond motifs is 7. The van der Waals surface area contributed by atoms with Crippen LogP contribution in [0.4, 0.5) is 0 Å². The van der Waals surface area contributed by atoms with Crippen molar-refractivity contribution in [1.29, 1.82) is 0 Å². The zero-order valence-corrected chi connectivity index (χ0v) is 28.5. The lowest BCUT2D eigenvalue weighted by Crippen LogP contribution is -2.71. The molecule has 15 atom stereocenters. The molecule has 4 saturated carbocycles. The molecule has 1 saturated heterocycles. The van der Waals surface area contributed by atoms with Gasteiger partial charge < -0.3 is 40.1 Å².